The quantitative estimate of drug-likeness (QED) is 0.575. The van der Waals surface area contributed by atoms with E-state index < -0.39 is 12.5 Å². The van der Waals surface area contributed by atoms with Crippen molar-refractivity contribution in [1.29, 1.82) is 5.26 Å². The van der Waals surface area contributed by atoms with Gasteiger partial charge in [-0.15, -0.1) is 0 Å². The summed E-state index contributed by atoms with van der Waals surface area (Å²) in [6.07, 6.45) is -0.394. The molecule has 0 aromatic carbocycles. The van der Waals surface area contributed by atoms with Gasteiger partial charge in [0.05, 0.1) is 6.07 Å². The third-order valence-corrected chi connectivity index (χ3v) is 1.01. The van der Waals surface area contributed by atoms with Crippen molar-refractivity contribution < 1.29 is 13.9 Å². The summed E-state index contributed by atoms with van der Waals surface area (Å²) in [5, 5.41) is 8.21. The topological polar surface area (TPSA) is 42.2 Å². The van der Waals surface area contributed by atoms with E-state index >= 15 is 0 Å². The maximum absolute atomic E-state index is 13.1. The predicted molar refractivity (Wildman–Crippen MR) is 37.3 cm³/mol. The maximum atomic E-state index is 13.1. The first kappa shape index (κ1) is 10.3. The van der Waals surface area contributed by atoms with E-state index in [1.807, 2.05) is 0 Å². The zero-order valence-corrected chi connectivity index (χ0v) is 6.76. The molecule has 0 aliphatic rings. The van der Waals surface area contributed by atoms with Gasteiger partial charge in [0.15, 0.2) is 0 Å². The lowest BCUT2D eigenvalue weighted by Crippen LogP contribution is -2.30. The molecule has 0 rings (SSSR count). The van der Waals surface area contributed by atoms with Crippen molar-refractivity contribution in [3.05, 3.63) is 0 Å². The lowest BCUT2D eigenvalue weighted by molar-refractivity contribution is -0.309. The Morgan fingerprint density at radius 2 is 1.82 bits per heavy atom. The van der Waals surface area contributed by atoms with Crippen LogP contribution in [-0.2, 0) is 9.47 Å². The van der Waals surface area contributed by atoms with E-state index in [0.29, 0.717) is 0 Å². The zero-order chi connectivity index (χ0) is 8.74. The minimum Gasteiger partial charge on any atom is -0.323 e. The molecule has 0 spiro atoms. The Bertz CT molecular complexity index is 138. The molecular formula is C7H12FNO2. The molecular weight excluding hydrogens is 149 g/mol. The van der Waals surface area contributed by atoms with Crippen LogP contribution in [0.1, 0.15) is 20.3 Å². The molecule has 0 N–H and O–H groups in total. The number of nitriles is 1. The first-order valence-electron chi connectivity index (χ1n) is 3.52. The third-order valence-electron chi connectivity index (χ3n) is 1.01. The van der Waals surface area contributed by atoms with Gasteiger partial charge < -0.3 is 9.47 Å². The van der Waals surface area contributed by atoms with Gasteiger partial charge in [-0.2, -0.15) is 9.65 Å². The van der Waals surface area contributed by atoms with Crippen molar-refractivity contribution in [3.63, 3.8) is 0 Å². The molecule has 0 unspecified atom stereocenters. The average molecular weight is 161 g/mol. The van der Waals surface area contributed by atoms with E-state index in [0.717, 1.165) is 0 Å². The first-order chi connectivity index (χ1) is 5.18. The summed E-state index contributed by atoms with van der Waals surface area (Å²) in [7, 11) is 0. The first-order valence-corrected chi connectivity index (χ1v) is 3.52. The van der Waals surface area contributed by atoms with E-state index in [1.54, 1.807) is 19.9 Å². The number of ether oxygens (including phenoxy) is 2. The van der Waals surface area contributed by atoms with Gasteiger partial charge in [-0.1, -0.05) is 0 Å². The molecule has 0 radical (unpaired) electrons. The molecule has 11 heavy (non-hydrogen) atoms. The number of hydrogen-bond acceptors (Lipinski definition) is 3. The Hall–Kier alpha value is -0.660. The van der Waals surface area contributed by atoms with Crippen LogP contribution < -0.4 is 0 Å². The van der Waals surface area contributed by atoms with Crippen LogP contribution in [0, 0.1) is 11.3 Å². The largest absolute Gasteiger partial charge is 0.333 e. The lowest BCUT2D eigenvalue weighted by Gasteiger charge is -2.21. The molecule has 0 amide bonds. The number of rotatable bonds is 5. The van der Waals surface area contributed by atoms with Crippen molar-refractivity contribution in [2.75, 3.05) is 13.2 Å². The highest BCUT2D eigenvalue weighted by Crippen LogP contribution is 2.18. The highest BCUT2D eigenvalue weighted by molar-refractivity contribution is 4.76. The zero-order valence-electron chi connectivity index (χ0n) is 6.76. The fourth-order valence-electron chi connectivity index (χ4n) is 0.669. The molecule has 4 heteroatoms. The van der Waals surface area contributed by atoms with Crippen LogP contribution in [0.4, 0.5) is 4.39 Å². The van der Waals surface area contributed by atoms with Crippen molar-refractivity contribution in [1.82, 2.24) is 0 Å². The summed E-state index contributed by atoms with van der Waals surface area (Å²) in [5.74, 6) is 0. The smallest absolute Gasteiger partial charge is 0.323 e. The van der Waals surface area contributed by atoms with E-state index in [9.17, 15) is 4.39 Å². The molecule has 0 aliphatic heterocycles. The highest BCUT2D eigenvalue weighted by atomic mass is 19.2. The molecule has 0 aromatic heterocycles. The minimum atomic E-state index is -2.21. The van der Waals surface area contributed by atoms with Crippen LogP contribution in [0.5, 0.6) is 0 Å². The SMILES string of the molecule is CCOC(F)(CC#N)OCC. The number of alkyl halides is 1. The maximum Gasteiger partial charge on any atom is 0.333 e. The Balaban J connectivity index is 3.92. The van der Waals surface area contributed by atoms with E-state index in [1.165, 1.54) is 0 Å². The summed E-state index contributed by atoms with van der Waals surface area (Å²) >= 11 is 0. The van der Waals surface area contributed by atoms with Crippen LogP contribution in [0.3, 0.4) is 0 Å². The minimum absolute atomic E-state index is 0.193. The third kappa shape index (κ3) is 3.91. The second kappa shape index (κ2) is 5.05. The molecule has 3 nitrogen and oxygen atoms in total. The van der Waals surface area contributed by atoms with Gasteiger partial charge in [-0.3, -0.25) is 0 Å². The van der Waals surface area contributed by atoms with Crippen LogP contribution in [-0.4, -0.2) is 19.3 Å². The summed E-state index contributed by atoms with van der Waals surface area (Å²) in [5.41, 5.74) is 0. The molecule has 0 saturated heterocycles. The van der Waals surface area contributed by atoms with E-state index in [-0.39, 0.29) is 13.2 Å². The van der Waals surface area contributed by atoms with Gasteiger partial charge in [0.25, 0.3) is 0 Å². The van der Waals surface area contributed by atoms with Gasteiger partial charge in [0.2, 0.25) is 0 Å². The fourth-order valence-corrected chi connectivity index (χ4v) is 0.669. The number of hydrogen-bond donors (Lipinski definition) is 0. The van der Waals surface area contributed by atoms with E-state index in [2.05, 4.69) is 9.47 Å². The summed E-state index contributed by atoms with van der Waals surface area (Å²) in [4.78, 5) is 0. The van der Waals surface area contributed by atoms with Crippen LogP contribution in [0.15, 0.2) is 0 Å². The van der Waals surface area contributed by atoms with Gasteiger partial charge in [0, 0.05) is 13.2 Å². The lowest BCUT2D eigenvalue weighted by atomic mass is 10.4. The second-order valence-corrected chi connectivity index (χ2v) is 1.86. The molecule has 0 saturated carbocycles. The van der Waals surface area contributed by atoms with Gasteiger partial charge in [-0.25, -0.2) is 0 Å². The molecule has 0 atom stereocenters. The monoisotopic (exact) mass is 161 g/mol. The van der Waals surface area contributed by atoms with Crippen molar-refractivity contribution >= 4 is 0 Å². The van der Waals surface area contributed by atoms with Crippen molar-refractivity contribution in [2.24, 2.45) is 0 Å². The van der Waals surface area contributed by atoms with Crippen molar-refractivity contribution in [2.45, 2.75) is 26.3 Å². The standard InChI is InChI=1S/C7H12FNO2/c1-3-10-7(8,5-6-9)11-4-2/h3-5H2,1-2H3. The molecule has 0 aliphatic carbocycles. The average Bonchev–Trinajstić information content (AvgIpc) is 1.88. The second-order valence-electron chi connectivity index (χ2n) is 1.86. The molecule has 0 heterocycles. The van der Waals surface area contributed by atoms with Gasteiger partial charge in [-0.05, 0) is 13.8 Å². The summed E-state index contributed by atoms with van der Waals surface area (Å²) < 4.78 is 22.3. The summed E-state index contributed by atoms with van der Waals surface area (Å²) in [6, 6.07) is -0.557. The normalized spacial score (nSPS) is 11.1. The Morgan fingerprint density at radius 1 is 1.36 bits per heavy atom. The molecule has 0 bridgehead atoms. The Labute approximate surface area is 65.7 Å². The van der Waals surface area contributed by atoms with Crippen LogP contribution in [0.2, 0.25) is 0 Å². The fraction of sp³-hybridized carbons (Fsp3) is 0.857. The highest BCUT2D eigenvalue weighted by Gasteiger charge is 2.30. The summed E-state index contributed by atoms with van der Waals surface area (Å²) in [6.45, 7) is 3.67. The number of nitrogens with zero attached hydrogens (tertiary/aromatic N) is 1. The molecule has 64 valence electrons. The van der Waals surface area contributed by atoms with Crippen LogP contribution >= 0.6 is 0 Å². The predicted octanol–water partition coefficient (Wildman–Crippen LogP) is 1.60. The molecule has 0 aromatic rings. The molecule has 0 fully saturated rings. The van der Waals surface area contributed by atoms with E-state index in [4.69, 9.17) is 5.26 Å². The Morgan fingerprint density at radius 3 is 2.09 bits per heavy atom. The van der Waals surface area contributed by atoms with Crippen LogP contribution in [0.25, 0.3) is 0 Å². The van der Waals surface area contributed by atoms with Crippen molar-refractivity contribution in [3.8, 4) is 6.07 Å². The Kier molecular flexibility index (Phi) is 4.75. The van der Waals surface area contributed by atoms with Gasteiger partial charge >= 0.3 is 6.04 Å². The number of halogens is 1. The van der Waals surface area contributed by atoms with Gasteiger partial charge in [0.1, 0.15) is 6.42 Å².